The molecule has 2 aromatic carbocycles. The van der Waals surface area contributed by atoms with E-state index < -0.39 is 43.1 Å². The SMILES string of the molecule is CNC(=O)[C@H]1CC[C@H]2CCN(C(=O)CCCCCC#Cc3cccc4c3CN(C3CCC(=O)N(C)C3=O)C4=O)C[C@@H](NC(=O)c3cc4cc(C(=O)P(=O)(O)O)ccc4[nH]3)C(=O)N21. The molecule has 0 bridgehead atoms. The molecule has 1 aromatic heterocycles. The van der Waals surface area contributed by atoms with Gasteiger partial charge < -0.3 is 40.1 Å². The summed E-state index contributed by atoms with van der Waals surface area (Å²) in [5, 5.41) is 5.69. The molecule has 0 spiro atoms. The molecule has 1 unspecified atom stereocenters. The van der Waals surface area contributed by atoms with Crippen LogP contribution in [0.4, 0.5) is 0 Å². The number of imide groups is 1. The van der Waals surface area contributed by atoms with Gasteiger partial charge in [0.2, 0.25) is 23.6 Å². The molecule has 4 aliphatic heterocycles. The molecule has 4 atom stereocenters. The van der Waals surface area contributed by atoms with Crippen LogP contribution >= 0.6 is 7.60 Å². The number of H-pyrrole nitrogens is 1. The lowest BCUT2D eigenvalue weighted by atomic mass is 10.0. The molecular formula is C43H48N7O11P. The maximum Gasteiger partial charge on any atom is 0.396 e. The van der Waals surface area contributed by atoms with Crippen LogP contribution in [0.15, 0.2) is 42.5 Å². The third-order valence-electron chi connectivity index (χ3n) is 12.2. The standard InChI is InChI=1S/C43H48N7O11P/c1-44-39(54)34-16-14-28-19-20-48(24-33(41(56)50(28)34)46-38(53)32-22-27-21-26(13-15-31(27)45-32)43(58)62(59,60)61)37(52)12-7-5-3-4-6-9-25-10-8-11-29-30(25)23-49(40(29)55)35-17-18-36(51)47(2)42(35)57/h8,10-11,13,15,21-22,28,33-35,45H,3-5,7,12,14,16-20,23-24H2,1-2H3,(H,44,54)(H,46,53)(H2,59,60,61)/t28-,33+,34+,35?/m0/s1. The van der Waals surface area contributed by atoms with Gasteiger partial charge in [0.25, 0.3) is 23.2 Å². The summed E-state index contributed by atoms with van der Waals surface area (Å²) < 4.78 is 11.5. The molecule has 19 heteroatoms. The molecule has 0 radical (unpaired) electrons. The maximum absolute atomic E-state index is 14.2. The van der Waals surface area contributed by atoms with Gasteiger partial charge in [0, 0.05) is 86.6 Å². The monoisotopic (exact) mass is 869 g/mol. The van der Waals surface area contributed by atoms with E-state index in [1.165, 1.54) is 48.2 Å². The van der Waals surface area contributed by atoms with Crippen LogP contribution in [0.1, 0.15) is 107 Å². The van der Waals surface area contributed by atoms with E-state index >= 15 is 0 Å². The van der Waals surface area contributed by atoms with Crippen molar-refractivity contribution in [1.82, 2.24) is 35.2 Å². The topological polar surface area (TPSA) is 247 Å². The molecule has 5 N–H and O–H groups in total. The van der Waals surface area contributed by atoms with Gasteiger partial charge in [-0.15, -0.1) is 0 Å². The maximum atomic E-state index is 14.2. The predicted molar refractivity (Wildman–Crippen MR) is 222 cm³/mol. The number of nitrogens with zero attached hydrogens (tertiary/aromatic N) is 4. The summed E-state index contributed by atoms with van der Waals surface area (Å²) in [6.45, 7) is 0.404. The van der Waals surface area contributed by atoms with Crippen LogP contribution < -0.4 is 10.6 Å². The molecule has 7 rings (SSSR count). The quantitative estimate of drug-likeness (QED) is 0.0808. The van der Waals surface area contributed by atoms with E-state index in [1.807, 2.05) is 6.07 Å². The predicted octanol–water partition coefficient (Wildman–Crippen LogP) is 2.03. The molecular weight excluding hydrogens is 821 g/mol. The summed E-state index contributed by atoms with van der Waals surface area (Å²) in [4.78, 5) is 132. The van der Waals surface area contributed by atoms with Crippen LogP contribution in [0.25, 0.3) is 10.9 Å². The van der Waals surface area contributed by atoms with E-state index in [4.69, 9.17) is 0 Å². The summed E-state index contributed by atoms with van der Waals surface area (Å²) in [7, 11) is -2.12. The largest absolute Gasteiger partial charge is 0.396 e. The molecule has 5 heterocycles. The summed E-state index contributed by atoms with van der Waals surface area (Å²) in [5.74, 6) is 3.74. The third-order valence-corrected chi connectivity index (χ3v) is 13.0. The zero-order chi connectivity index (χ0) is 44.5. The van der Waals surface area contributed by atoms with Crippen LogP contribution in [0.5, 0.6) is 0 Å². The Balaban J connectivity index is 0.968. The van der Waals surface area contributed by atoms with Crippen molar-refractivity contribution in [2.24, 2.45) is 0 Å². The Hall–Kier alpha value is -6.15. The minimum Gasteiger partial charge on any atom is -0.357 e. The van der Waals surface area contributed by atoms with E-state index in [9.17, 15) is 52.7 Å². The number of rotatable bonds is 11. The van der Waals surface area contributed by atoms with E-state index in [0.717, 1.165) is 10.5 Å². The van der Waals surface area contributed by atoms with E-state index in [-0.39, 0.29) is 79.2 Å². The van der Waals surface area contributed by atoms with Crippen LogP contribution in [-0.4, -0.2) is 133 Å². The van der Waals surface area contributed by atoms with Crippen molar-refractivity contribution in [2.75, 3.05) is 27.2 Å². The fraction of sp³-hybridized carbons (Fsp3) is 0.442. The van der Waals surface area contributed by atoms with E-state index in [0.29, 0.717) is 73.5 Å². The minimum absolute atomic E-state index is 0.00672. The first-order chi connectivity index (χ1) is 29.6. The number of aromatic amines is 1. The van der Waals surface area contributed by atoms with Gasteiger partial charge in [-0.05, 0) is 80.5 Å². The van der Waals surface area contributed by atoms with Crippen LogP contribution in [-0.2, 0) is 35.1 Å². The second kappa shape index (κ2) is 18.1. The average molecular weight is 870 g/mol. The number of fused-ring (bicyclic) bond motifs is 3. The normalized spacial score (nSPS) is 21.5. The van der Waals surface area contributed by atoms with Gasteiger partial charge in [0.05, 0.1) is 0 Å². The Morgan fingerprint density at radius 1 is 0.952 bits per heavy atom. The lowest BCUT2D eigenvalue weighted by Crippen LogP contribution is -2.61. The summed E-state index contributed by atoms with van der Waals surface area (Å²) in [6.07, 6.45) is 4.58. The number of nitrogens with one attached hydrogen (secondary N) is 3. The van der Waals surface area contributed by atoms with Crippen molar-refractivity contribution >= 4 is 65.4 Å². The molecule has 18 nitrogen and oxygen atoms in total. The highest BCUT2D eigenvalue weighted by Gasteiger charge is 2.46. The van der Waals surface area contributed by atoms with Crippen molar-refractivity contribution in [2.45, 2.75) is 94.9 Å². The average Bonchev–Trinajstić information content (AvgIpc) is 3.97. The number of amides is 7. The summed E-state index contributed by atoms with van der Waals surface area (Å²) in [6, 6.07) is 7.62. The molecule has 3 saturated heterocycles. The van der Waals surface area contributed by atoms with Gasteiger partial charge in [-0.2, -0.15) is 0 Å². The number of unbranched alkanes of at least 4 members (excludes halogenated alkanes) is 3. The molecule has 3 aromatic rings. The van der Waals surface area contributed by atoms with Gasteiger partial charge in [-0.1, -0.05) is 24.3 Å². The van der Waals surface area contributed by atoms with Crippen molar-refractivity contribution in [1.29, 1.82) is 0 Å². The number of benzene rings is 2. The Morgan fingerprint density at radius 3 is 2.50 bits per heavy atom. The number of carbonyl (C=O) groups is 8. The minimum atomic E-state index is -5.04. The second-order valence-electron chi connectivity index (χ2n) is 16.1. The first-order valence-corrected chi connectivity index (χ1v) is 22.3. The molecule has 0 saturated carbocycles. The Bertz CT molecular complexity index is 2480. The third kappa shape index (κ3) is 8.92. The number of hydrogen-bond donors (Lipinski definition) is 5. The van der Waals surface area contributed by atoms with Crippen molar-refractivity contribution in [3.8, 4) is 11.8 Å². The van der Waals surface area contributed by atoms with Crippen molar-refractivity contribution in [3.05, 3.63) is 70.4 Å². The van der Waals surface area contributed by atoms with E-state index in [2.05, 4.69) is 27.5 Å². The Kier molecular flexibility index (Phi) is 12.8. The van der Waals surface area contributed by atoms with Gasteiger partial charge >= 0.3 is 7.60 Å². The fourth-order valence-corrected chi connectivity index (χ4v) is 9.29. The highest BCUT2D eigenvalue weighted by Crippen LogP contribution is 2.39. The molecule has 326 valence electrons. The first kappa shape index (κ1) is 43.9. The lowest BCUT2D eigenvalue weighted by Gasteiger charge is -2.38. The Labute approximate surface area is 356 Å². The smallest absolute Gasteiger partial charge is 0.357 e. The second-order valence-corrected chi connectivity index (χ2v) is 17.6. The van der Waals surface area contributed by atoms with Crippen LogP contribution in [0.2, 0.25) is 0 Å². The zero-order valence-electron chi connectivity index (χ0n) is 34.3. The number of likely N-dealkylation sites (tertiary alicyclic amines) is 1. The van der Waals surface area contributed by atoms with Gasteiger partial charge in [0.1, 0.15) is 23.8 Å². The zero-order valence-corrected chi connectivity index (χ0v) is 35.2. The van der Waals surface area contributed by atoms with Gasteiger partial charge in [-0.3, -0.25) is 47.8 Å². The highest BCUT2D eigenvalue weighted by molar-refractivity contribution is 7.70. The highest BCUT2D eigenvalue weighted by atomic mass is 31.2. The molecule has 4 aliphatic rings. The van der Waals surface area contributed by atoms with Crippen LogP contribution in [0, 0.1) is 11.8 Å². The summed E-state index contributed by atoms with van der Waals surface area (Å²) in [5.41, 5.74) is 0.757. The van der Waals surface area contributed by atoms with Gasteiger partial charge in [-0.25, -0.2) is 0 Å². The number of piperidine rings is 1. The Morgan fingerprint density at radius 2 is 1.74 bits per heavy atom. The number of hydrogen-bond acceptors (Lipinski definition) is 9. The first-order valence-electron chi connectivity index (χ1n) is 20.6. The van der Waals surface area contributed by atoms with Crippen molar-refractivity contribution in [3.63, 3.8) is 0 Å². The summed E-state index contributed by atoms with van der Waals surface area (Å²) >= 11 is 0. The molecule has 62 heavy (non-hydrogen) atoms. The van der Waals surface area contributed by atoms with E-state index in [1.54, 1.807) is 17.0 Å². The number of likely N-dealkylation sites (N-methyl/N-ethyl adjacent to an activating group) is 2. The lowest BCUT2D eigenvalue weighted by molar-refractivity contribution is -0.150. The molecule has 3 fully saturated rings. The molecule has 0 aliphatic carbocycles. The number of aromatic nitrogens is 1. The van der Waals surface area contributed by atoms with Gasteiger partial charge in [0.15, 0.2) is 0 Å². The number of carbonyl (C=O) groups excluding carboxylic acids is 8. The van der Waals surface area contributed by atoms with Crippen molar-refractivity contribution < 1.29 is 52.7 Å². The van der Waals surface area contributed by atoms with Crippen LogP contribution in [0.3, 0.4) is 0 Å². The fourth-order valence-electron chi connectivity index (χ4n) is 8.82. The molecule has 7 amide bonds.